The van der Waals surface area contributed by atoms with Crippen LogP contribution in [0.25, 0.3) is 0 Å². The lowest BCUT2D eigenvalue weighted by atomic mass is 9.97. The quantitative estimate of drug-likeness (QED) is 0.751. The Kier molecular flexibility index (Phi) is 2.73. The number of nitrogens with one attached hydrogen (secondary N) is 1. The number of hydrogen-bond acceptors (Lipinski definition) is 2. The van der Waals surface area contributed by atoms with Crippen LogP contribution in [0.1, 0.15) is 30.7 Å². The Balaban J connectivity index is 2.09. The summed E-state index contributed by atoms with van der Waals surface area (Å²) in [7, 11) is 1.94. The van der Waals surface area contributed by atoms with Gasteiger partial charge in [-0.15, -0.1) is 0 Å². The largest absolute Gasteiger partial charge is 0.388 e. The number of hydrogen-bond donors (Lipinski definition) is 2. The molecule has 0 heterocycles. The van der Waals surface area contributed by atoms with Gasteiger partial charge in [0.2, 0.25) is 0 Å². The molecule has 1 aliphatic carbocycles. The zero-order valence-electron chi connectivity index (χ0n) is 8.66. The first-order chi connectivity index (χ1) is 6.79. The van der Waals surface area contributed by atoms with Crippen LogP contribution >= 0.6 is 0 Å². The van der Waals surface area contributed by atoms with E-state index in [4.69, 9.17) is 5.73 Å². The molecule has 0 spiro atoms. The van der Waals surface area contributed by atoms with Crippen molar-refractivity contribution < 1.29 is 0 Å². The van der Waals surface area contributed by atoms with Crippen LogP contribution in [-0.4, -0.2) is 13.1 Å². The molecule has 0 aromatic heterocycles. The predicted molar refractivity (Wildman–Crippen MR) is 60.6 cm³/mol. The SMILES string of the molecule is CNc1ccc(C2CCC(N)C2)cc1. The second-order valence-corrected chi connectivity index (χ2v) is 4.14. The molecule has 2 unspecified atom stereocenters. The van der Waals surface area contributed by atoms with Gasteiger partial charge in [0.15, 0.2) is 0 Å². The highest BCUT2D eigenvalue weighted by Crippen LogP contribution is 2.33. The molecule has 0 bridgehead atoms. The highest BCUT2D eigenvalue weighted by Gasteiger charge is 2.22. The summed E-state index contributed by atoms with van der Waals surface area (Å²) in [6.45, 7) is 0. The van der Waals surface area contributed by atoms with E-state index >= 15 is 0 Å². The highest BCUT2D eigenvalue weighted by molar-refractivity contribution is 5.44. The minimum atomic E-state index is 0.420. The molecular weight excluding hydrogens is 172 g/mol. The molecule has 1 aromatic rings. The number of nitrogens with two attached hydrogens (primary N) is 1. The van der Waals surface area contributed by atoms with Crippen molar-refractivity contribution in [3.05, 3.63) is 29.8 Å². The van der Waals surface area contributed by atoms with Crippen LogP contribution in [0.4, 0.5) is 5.69 Å². The fraction of sp³-hybridized carbons (Fsp3) is 0.500. The smallest absolute Gasteiger partial charge is 0.0337 e. The van der Waals surface area contributed by atoms with Crippen molar-refractivity contribution >= 4 is 5.69 Å². The van der Waals surface area contributed by atoms with E-state index in [9.17, 15) is 0 Å². The van der Waals surface area contributed by atoms with E-state index in [1.807, 2.05) is 7.05 Å². The number of rotatable bonds is 2. The summed E-state index contributed by atoms with van der Waals surface area (Å²) in [5, 5.41) is 3.13. The van der Waals surface area contributed by atoms with Crippen molar-refractivity contribution in [2.45, 2.75) is 31.2 Å². The van der Waals surface area contributed by atoms with Crippen LogP contribution in [-0.2, 0) is 0 Å². The Morgan fingerprint density at radius 2 is 1.93 bits per heavy atom. The molecule has 0 saturated heterocycles. The minimum Gasteiger partial charge on any atom is -0.388 e. The maximum absolute atomic E-state index is 5.91. The van der Waals surface area contributed by atoms with Gasteiger partial charge in [-0.3, -0.25) is 0 Å². The fourth-order valence-electron chi connectivity index (χ4n) is 2.24. The standard InChI is InChI=1S/C12H18N2/c1-14-12-6-3-9(4-7-12)10-2-5-11(13)8-10/h3-4,6-7,10-11,14H,2,5,8,13H2,1H3. The van der Waals surface area contributed by atoms with Crippen molar-refractivity contribution in [2.75, 3.05) is 12.4 Å². The molecule has 2 nitrogen and oxygen atoms in total. The molecule has 2 heteroatoms. The average Bonchev–Trinajstić information content (AvgIpc) is 2.65. The van der Waals surface area contributed by atoms with Gasteiger partial charge in [-0.25, -0.2) is 0 Å². The van der Waals surface area contributed by atoms with Crippen LogP contribution in [0.3, 0.4) is 0 Å². The highest BCUT2D eigenvalue weighted by atomic mass is 14.8. The number of anilines is 1. The van der Waals surface area contributed by atoms with Crippen LogP contribution < -0.4 is 11.1 Å². The summed E-state index contributed by atoms with van der Waals surface area (Å²) in [5.41, 5.74) is 8.52. The van der Waals surface area contributed by atoms with E-state index in [2.05, 4.69) is 29.6 Å². The Morgan fingerprint density at radius 3 is 2.43 bits per heavy atom. The maximum atomic E-state index is 5.91. The molecule has 0 amide bonds. The van der Waals surface area contributed by atoms with Crippen molar-refractivity contribution in [1.29, 1.82) is 0 Å². The zero-order valence-corrected chi connectivity index (χ0v) is 8.66. The van der Waals surface area contributed by atoms with E-state index in [0.717, 1.165) is 6.42 Å². The summed E-state index contributed by atoms with van der Waals surface area (Å²) in [5.74, 6) is 0.691. The summed E-state index contributed by atoms with van der Waals surface area (Å²) in [4.78, 5) is 0. The third kappa shape index (κ3) is 1.90. The van der Waals surface area contributed by atoms with E-state index in [-0.39, 0.29) is 0 Å². The topological polar surface area (TPSA) is 38.0 Å². The summed E-state index contributed by atoms with van der Waals surface area (Å²) in [6.07, 6.45) is 3.58. The zero-order chi connectivity index (χ0) is 9.97. The Hall–Kier alpha value is -1.02. The monoisotopic (exact) mass is 190 g/mol. The van der Waals surface area contributed by atoms with Gasteiger partial charge in [0.05, 0.1) is 0 Å². The van der Waals surface area contributed by atoms with Gasteiger partial charge >= 0.3 is 0 Å². The van der Waals surface area contributed by atoms with E-state index in [1.165, 1.54) is 24.1 Å². The summed E-state index contributed by atoms with van der Waals surface area (Å²) in [6, 6.07) is 9.13. The second kappa shape index (κ2) is 4.01. The lowest BCUT2D eigenvalue weighted by Crippen LogP contribution is -2.14. The summed E-state index contributed by atoms with van der Waals surface area (Å²) >= 11 is 0. The van der Waals surface area contributed by atoms with E-state index < -0.39 is 0 Å². The van der Waals surface area contributed by atoms with Gasteiger partial charge in [-0.05, 0) is 42.9 Å². The van der Waals surface area contributed by atoms with Crippen LogP contribution in [0.15, 0.2) is 24.3 Å². The van der Waals surface area contributed by atoms with Crippen LogP contribution in [0.5, 0.6) is 0 Å². The maximum Gasteiger partial charge on any atom is 0.0337 e. The first-order valence-corrected chi connectivity index (χ1v) is 5.33. The van der Waals surface area contributed by atoms with E-state index in [0.29, 0.717) is 12.0 Å². The third-order valence-electron chi connectivity index (χ3n) is 3.14. The Morgan fingerprint density at radius 1 is 1.21 bits per heavy atom. The lowest BCUT2D eigenvalue weighted by Gasteiger charge is -2.10. The molecule has 0 aliphatic heterocycles. The van der Waals surface area contributed by atoms with E-state index in [1.54, 1.807) is 0 Å². The normalized spacial score (nSPS) is 26.4. The average molecular weight is 190 g/mol. The van der Waals surface area contributed by atoms with Crippen LogP contribution in [0, 0.1) is 0 Å². The first-order valence-electron chi connectivity index (χ1n) is 5.33. The van der Waals surface area contributed by atoms with Gasteiger partial charge in [0, 0.05) is 18.8 Å². The lowest BCUT2D eigenvalue weighted by molar-refractivity contribution is 0.675. The van der Waals surface area contributed by atoms with Crippen molar-refractivity contribution in [2.24, 2.45) is 5.73 Å². The molecule has 3 N–H and O–H groups in total. The molecule has 1 aromatic carbocycles. The number of benzene rings is 1. The molecular formula is C12H18N2. The van der Waals surface area contributed by atoms with Gasteiger partial charge in [0.1, 0.15) is 0 Å². The third-order valence-corrected chi connectivity index (χ3v) is 3.14. The first kappa shape index (κ1) is 9.53. The summed E-state index contributed by atoms with van der Waals surface area (Å²) < 4.78 is 0. The second-order valence-electron chi connectivity index (χ2n) is 4.14. The molecule has 0 radical (unpaired) electrons. The molecule has 1 aliphatic rings. The van der Waals surface area contributed by atoms with Crippen molar-refractivity contribution in [3.8, 4) is 0 Å². The van der Waals surface area contributed by atoms with Crippen molar-refractivity contribution in [1.82, 2.24) is 0 Å². The van der Waals surface area contributed by atoms with Crippen molar-refractivity contribution in [3.63, 3.8) is 0 Å². The van der Waals surface area contributed by atoms with Gasteiger partial charge in [-0.2, -0.15) is 0 Å². The Labute approximate surface area is 85.5 Å². The predicted octanol–water partition coefficient (Wildman–Crippen LogP) is 2.32. The van der Waals surface area contributed by atoms with Crippen LogP contribution in [0.2, 0.25) is 0 Å². The molecule has 1 saturated carbocycles. The molecule has 2 rings (SSSR count). The Bertz CT molecular complexity index is 292. The molecule has 1 fully saturated rings. The minimum absolute atomic E-state index is 0.420. The molecule has 2 atom stereocenters. The van der Waals surface area contributed by atoms with Gasteiger partial charge in [-0.1, -0.05) is 12.1 Å². The van der Waals surface area contributed by atoms with Gasteiger partial charge in [0.25, 0.3) is 0 Å². The molecule has 14 heavy (non-hydrogen) atoms. The molecule has 76 valence electrons. The van der Waals surface area contributed by atoms with Gasteiger partial charge < -0.3 is 11.1 Å². The fourth-order valence-corrected chi connectivity index (χ4v) is 2.24.